The second-order valence-corrected chi connectivity index (χ2v) is 6.00. The molecule has 0 aliphatic carbocycles. The molecule has 0 radical (unpaired) electrons. The Kier molecular flexibility index (Phi) is 4.18. The summed E-state index contributed by atoms with van der Waals surface area (Å²) in [6, 6.07) is 6.18. The average molecular weight is 268 g/mol. The molecule has 0 spiro atoms. The van der Waals surface area contributed by atoms with Crippen LogP contribution in [0.2, 0.25) is 5.02 Å². The van der Waals surface area contributed by atoms with Gasteiger partial charge in [0.15, 0.2) is 0 Å². The Balaban J connectivity index is 2.25. The molecule has 1 aliphatic rings. The van der Waals surface area contributed by atoms with E-state index < -0.39 is 0 Å². The molecule has 2 nitrogen and oxygen atoms in total. The Hall–Kier alpha value is -0.730. The van der Waals surface area contributed by atoms with Crippen LogP contribution >= 0.6 is 11.6 Å². The maximum absolute atomic E-state index is 6.24. The molecule has 3 heteroatoms. The summed E-state index contributed by atoms with van der Waals surface area (Å²) < 4.78 is 5.22. The van der Waals surface area contributed by atoms with Crippen molar-refractivity contribution in [2.75, 3.05) is 20.2 Å². The molecular weight excluding hydrogens is 246 g/mol. The van der Waals surface area contributed by atoms with Crippen molar-refractivity contribution in [3.63, 3.8) is 0 Å². The summed E-state index contributed by atoms with van der Waals surface area (Å²) in [5.74, 6) is 1.46. The van der Waals surface area contributed by atoms with Gasteiger partial charge in [0.25, 0.3) is 0 Å². The first-order chi connectivity index (χ1) is 8.55. The van der Waals surface area contributed by atoms with E-state index in [1.807, 2.05) is 6.07 Å². The van der Waals surface area contributed by atoms with Crippen molar-refractivity contribution in [3.8, 4) is 5.75 Å². The fourth-order valence-electron chi connectivity index (χ4n) is 2.85. The van der Waals surface area contributed by atoms with E-state index in [0.29, 0.717) is 10.9 Å². The Labute approximate surface area is 115 Å². The van der Waals surface area contributed by atoms with Crippen molar-refractivity contribution in [3.05, 3.63) is 28.8 Å². The van der Waals surface area contributed by atoms with E-state index >= 15 is 0 Å². The fourth-order valence-corrected chi connectivity index (χ4v) is 3.10. The maximum atomic E-state index is 6.24. The molecule has 0 saturated carbocycles. The monoisotopic (exact) mass is 267 g/mol. The maximum Gasteiger partial charge on any atom is 0.137 e. The number of piperidine rings is 1. The van der Waals surface area contributed by atoms with E-state index in [2.05, 4.69) is 31.3 Å². The zero-order valence-corrected chi connectivity index (χ0v) is 12.2. The smallest absolute Gasteiger partial charge is 0.137 e. The lowest BCUT2D eigenvalue weighted by Gasteiger charge is -2.38. The molecule has 0 aromatic heterocycles. The topological polar surface area (TPSA) is 21.3 Å². The third-order valence-corrected chi connectivity index (χ3v) is 4.55. The molecule has 0 unspecified atom stereocenters. The molecule has 100 valence electrons. The molecular formula is C15H22ClNO. The molecule has 18 heavy (non-hydrogen) atoms. The highest BCUT2D eigenvalue weighted by Crippen LogP contribution is 2.39. The van der Waals surface area contributed by atoms with Gasteiger partial charge in [0, 0.05) is 0 Å². The Morgan fingerprint density at radius 3 is 2.50 bits per heavy atom. The van der Waals surface area contributed by atoms with Crippen molar-refractivity contribution >= 4 is 11.6 Å². The predicted molar refractivity (Wildman–Crippen MR) is 76.6 cm³/mol. The average Bonchev–Trinajstić information content (AvgIpc) is 2.39. The summed E-state index contributed by atoms with van der Waals surface area (Å²) in [7, 11) is 1.65. The molecule has 1 aromatic rings. The van der Waals surface area contributed by atoms with Gasteiger partial charge in [-0.3, -0.25) is 0 Å². The lowest BCUT2D eigenvalue weighted by molar-refractivity contribution is 0.247. The molecule has 1 fully saturated rings. The van der Waals surface area contributed by atoms with Gasteiger partial charge >= 0.3 is 0 Å². The lowest BCUT2D eigenvalue weighted by Crippen LogP contribution is -2.38. The molecule has 1 aliphatic heterocycles. The van der Waals surface area contributed by atoms with Crippen LogP contribution in [-0.2, 0) is 5.41 Å². The summed E-state index contributed by atoms with van der Waals surface area (Å²) in [4.78, 5) is 0. The van der Waals surface area contributed by atoms with Crippen LogP contribution in [0.1, 0.15) is 32.3 Å². The largest absolute Gasteiger partial charge is 0.495 e. The Morgan fingerprint density at radius 1 is 1.28 bits per heavy atom. The van der Waals surface area contributed by atoms with E-state index in [4.69, 9.17) is 16.3 Å². The van der Waals surface area contributed by atoms with Gasteiger partial charge in [-0.1, -0.05) is 31.5 Å². The summed E-state index contributed by atoms with van der Waals surface area (Å²) in [5.41, 5.74) is 1.47. The van der Waals surface area contributed by atoms with Crippen LogP contribution in [0, 0.1) is 5.92 Å². The highest BCUT2D eigenvalue weighted by Gasteiger charge is 2.32. The quantitative estimate of drug-likeness (QED) is 0.903. The number of methoxy groups -OCH3 is 1. The van der Waals surface area contributed by atoms with Crippen molar-refractivity contribution in [2.45, 2.75) is 32.1 Å². The van der Waals surface area contributed by atoms with Gasteiger partial charge < -0.3 is 10.1 Å². The molecule has 1 heterocycles. The van der Waals surface area contributed by atoms with Crippen LogP contribution in [0.5, 0.6) is 5.75 Å². The summed E-state index contributed by atoms with van der Waals surface area (Å²) in [6.45, 7) is 6.89. The van der Waals surface area contributed by atoms with Gasteiger partial charge in [0.2, 0.25) is 0 Å². The van der Waals surface area contributed by atoms with E-state index in [0.717, 1.165) is 18.8 Å². The molecule has 0 atom stereocenters. The second kappa shape index (κ2) is 5.50. The summed E-state index contributed by atoms with van der Waals surface area (Å²) in [6.07, 6.45) is 2.47. The van der Waals surface area contributed by atoms with Crippen LogP contribution in [0.15, 0.2) is 18.2 Å². The highest BCUT2D eigenvalue weighted by atomic mass is 35.5. The first-order valence-electron chi connectivity index (χ1n) is 6.60. The lowest BCUT2D eigenvalue weighted by atomic mass is 9.69. The normalized spacial score (nSPS) is 17.8. The fraction of sp³-hybridized carbons (Fsp3) is 0.600. The third kappa shape index (κ3) is 2.65. The Morgan fingerprint density at radius 2 is 1.94 bits per heavy atom. The number of hydrogen-bond acceptors (Lipinski definition) is 2. The van der Waals surface area contributed by atoms with Crippen molar-refractivity contribution < 1.29 is 4.74 Å². The number of halogens is 1. The summed E-state index contributed by atoms with van der Waals surface area (Å²) in [5, 5.41) is 4.13. The number of benzene rings is 1. The number of rotatable bonds is 3. The number of hydrogen-bond donors (Lipinski definition) is 1. The molecule has 2 rings (SSSR count). The SMILES string of the molecule is COc1ccc(C(C)(C)C2CCNCC2)cc1Cl. The van der Waals surface area contributed by atoms with Crippen molar-refractivity contribution in [1.29, 1.82) is 0 Å². The number of nitrogens with one attached hydrogen (secondary N) is 1. The minimum absolute atomic E-state index is 0.165. The van der Waals surface area contributed by atoms with Crippen LogP contribution in [0.3, 0.4) is 0 Å². The number of ether oxygens (including phenoxy) is 1. The minimum atomic E-state index is 0.165. The van der Waals surface area contributed by atoms with E-state index in [1.54, 1.807) is 7.11 Å². The van der Waals surface area contributed by atoms with Gasteiger partial charge in [0.05, 0.1) is 12.1 Å². The van der Waals surface area contributed by atoms with Crippen molar-refractivity contribution in [2.24, 2.45) is 5.92 Å². The van der Waals surface area contributed by atoms with Crippen molar-refractivity contribution in [1.82, 2.24) is 5.32 Å². The molecule has 1 N–H and O–H groups in total. The van der Waals surface area contributed by atoms with Gasteiger partial charge in [-0.25, -0.2) is 0 Å². The first kappa shape index (κ1) is 13.7. The standard InChI is InChI=1S/C15H22ClNO/c1-15(2,11-6-8-17-9-7-11)12-4-5-14(18-3)13(16)10-12/h4-5,10-11,17H,6-9H2,1-3H3. The van der Waals surface area contributed by atoms with E-state index in [1.165, 1.54) is 18.4 Å². The predicted octanol–water partition coefficient (Wildman–Crippen LogP) is 3.63. The molecule has 1 saturated heterocycles. The molecule has 0 amide bonds. The van der Waals surface area contributed by atoms with E-state index in [-0.39, 0.29) is 5.41 Å². The Bertz CT molecular complexity index is 411. The first-order valence-corrected chi connectivity index (χ1v) is 6.98. The van der Waals surface area contributed by atoms with Gasteiger partial charge in [0.1, 0.15) is 5.75 Å². The zero-order chi connectivity index (χ0) is 13.2. The van der Waals surface area contributed by atoms with Gasteiger partial charge in [-0.15, -0.1) is 0 Å². The van der Waals surface area contributed by atoms with Crippen LogP contribution < -0.4 is 10.1 Å². The zero-order valence-electron chi connectivity index (χ0n) is 11.4. The third-order valence-electron chi connectivity index (χ3n) is 4.26. The van der Waals surface area contributed by atoms with E-state index in [9.17, 15) is 0 Å². The van der Waals surface area contributed by atoms with Crippen LogP contribution in [0.4, 0.5) is 0 Å². The second-order valence-electron chi connectivity index (χ2n) is 5.60. The summed E-state index contributed by atoms with van der Waals surface area (Å²) >= 11 is 6.24. The van der Waals surface area contributed by atoms with Gasteiger partial charge in [-0.2, -0.15) is 0 Å². The highest BCUT2D eigenvalue weighted by molar-refractivity contribution is 6.32. The molecule has 1 aromatic carbocycles. The van der Waals surface area contributed by atoms with Gasteiger partial charge in [-0.05, 0) is 55.0 Å². The minimum Gasteiger partial charge on any atom is -0.495 e. The van der Waals surface area contributed by atoms with Crippen LogP contribution in [-0.4, -0.2) is 20.2 Å². The van der Waals surface area contributed by atoms with Crippen LogP contribution in [0.25, 0.3) is 0 Å². The molecule has 0 bridgehead atoms.